The van der Waals surface area contributed by atoms with Crippen LogP contribution in [0.15, 0.2) is 11.4 Å². The van der Waals surface area contributed by atoms with Crippen molar-refractivity contribution in [3.05, 3.63) is 21.9 Å². The first-order valence-corrected chi connectivity index (χ1v) is 8.74. The third-order valence-corrected chi connectivity index (χ3v) is 6.22. The Labute approximate surface area is 125 Å². The number of aliphatic hydroxyl groups is 1. The molecule has 1 aromatic rings. The van der Waals surface area contributed by atoms with E-state index in [9.17, 15) is 5.11 Å². The number of rotatable bonds is 4. The van der Waals surface area contributed by atoms with Crippen molar-refractivity contribution in [2.45, 2.75) is 76.2 Å². The quantitative estimate of drug-likeness (QED) is 0.898. The molecule has 20 heavy (non-hydrogen) atoms. The van der Waals surface area contributed by atoms with Crippen molar-refractivity contribution in [3.8, 4) is 0 Å². The molecule has 2 aliphatic rings. The molecule has 0 spiro atoms. The van der Waals surface area contributed by atoms with Gasteiger partial charge in [0, 0.05) is 23.0 Å². The molecule has 3 heterocycles. The molecule has 2 saturated heterocycles. The summed E-state index contributed by atoms with van der Waals surface area (Å²) in [6.07, 6.45) is 5.19. The molecule has 3 rings (SSSR count). The molecule has 4 unspecified atom stereocenters. The van der Waals surface area contributed by atoms with E-state index in [1.54, 1.807) is 0 Å². The monoisotopic (exact) mass is 294 g/mol. The molecular formula is C16H26N2OS. The molecule has 112 valence electrons. The summed E-state index contributed by atoms with van der Waals surface area (Å²) in [6, 6.07) is 3.77. The molecule has 3 N–H and O–H groups in total. The molecule has 0 aliphatic carbocycles. The summed E-state index contributed by atoms with van der Waals surface area (Å²) in [5.74, 6) is 0. The van der Waals surface area contributed by atoms with E-state index in [1.807, 2.05) is 11.3 Å². The molecule has 4 heteroatoms. The molecule has 4 atom stereocenters. The zero-order valence-corrected chi connectivity index (χ0v) is 13.3. The van der Waals surface area contributed by atoms with Gasteiger partial charge >= 0.3 is 0 Å². The van der Waals surface area contributed by atoms with E-state index < -0.39 is 0 Å². The Morgan fingerprint density at radius 1 is 1.40 bits per heavy atom. The van der Waals surface area contributed by atoms with Crippen LogP contribution in [0.3, 0.4) is 0 Å². The van der Waals surface area contributed by atoms with Crippen molar-refractivity contribution >= 4 is 11.3 Å². The summed E-state index contributed by atoms with van der Waals surface area (Å²) in [4.78, 5) is 4.09. The zero-order chi connectivity index (χ0) is 14.3. The van der Waals surface area contributed by atoms with E-state index in [4.69, 9.17) is 5.73 Å². The van der Waals surface area contributed by atoms with Crippen LogP contribution < -0.4 is 5.73 Å². The Kier molecular flexibility index (Phi) is 4.18. The normalized spacial score (nSPS) is 33.3. The van der Waals surface area contributed by atoms with Gasteiger partial charge in [-0.05, 0) is 56.0 Å². The molecule has 0 amide bonds. The first-order chi connectivity index (χ1) is 9.61. The fourth-order valence-electron chi connectivity index (χ4n) is 4.10. The summed E-state index contributed by atoms with van der Waals surface area (Å²) >= 11 is 1.84. The minimum absolute atomic E-state index is 0.105. The minimum Gasteiger partial charge on any atom is -0.393 e. The molecule has 2 aliphatic heterocycles. The zero-order valence-electron chi connectivity index (χ0n) is 12.5. The van der Waals surface area contributed by atoms with E-state index in [2.05, 4.69) is 30.2 Å². The van der Waals surface area contributed by atoms with Gasteiger partial charge in [-0.15, -0.1) is 11.3 Å². The number of fused-ring (bicyclic) bond motifs is 2. The summed E-state index contributed by atoms with van der Waals surface area (Å²) in [6.45, 7) is 4.38. The van der Waals surface area contributed by atoms with Crippen LogP contribution in [0, 0.1) is 6.92 Å². The lowest BCUT2D eigenvalue weighted by Gasteiger charge is -2.44. The molecule has 2 bridgehead atoms. The van der Waals surface area contributed by atoms with Crippen LogP contribution in [0.5, 0.6) is 0 Å². The smallest absolute Gasteiger partial charge is 0.0600 e. The van der Waals surface area contributed by atoms with Gasteiger partial charge in [0.15, 0.2) is 0 Å². The SMILES string of the molecule is CCC(N)C(c1sccc1C)N1C2CCC1CC(O)C2. The number of aliphatic hydroxyl groups excluding tert-OH is 1. The Morgan fingerprint density at radius 3 is 2.55 bits per heavy atom. The maximum atomic E-state index is 10.0. The van der Waals surface area contributed by atoms with Crippen LogP contribution in [-0.4, -0.2) is 34.2 Å². The number of hydrogen-bond donors (Lipinski definition) is 2. The second-order valence-electron chi connectivity index (χ2n) is 6.44. The van der Waals surface area contributed by atoms with Crippen molar-refractivity contribution in [1.82, 2.24) is 4.90 Å². The molecule has 3 nitrogen and oxygen atoms in total. The van der Waals surface area contributed by atoms with Gasteiger partial charge < -0.3 is 10.8 Å². The van der Waals surface area contributed by atoms with Gasteiger partial charge in [-0.25, -0.2) is 0 Å². The van der Waals surface area contributed by atoms with Crippen LogP contribution in [0.25, 0.3) is 0 Å². The topological polar surface area (TPSA) is 49.5 Å². The van der Waals surface area contributed by atoms with E-state index in [0.717, 1.165) is 19.3 Å². The summed E-state index contributed by atoms with van der Waals surface area (Å²) in [7, 11) is 0. The van der Waals surface area contributed by atoms with Gasteiger partial charge in [-0.3, -0.25) is 4.90 Å². The van der Waals surface area contributed by atoms with Gasteiger partial charge in [0.1, 0.15) is 0 Å². The van der Waals surface area contributed by atoms with Gasteiger partial charge in [-0.2, -0.15) is 0 Å². The van der Waals surface area contributed by atoms with Crippen molar-refractivity contribution in [1.29, 1.82) is 0 Å². The lowest BCUT2D eigenvalue weighted by molar-refractivity contribution is 0.00314. The Hall–Kier alpha value is -0.420. The van der Waals surface area contributed by atoms with Crippen LogP contribution >= 0.6 is 11.3 Å². The van der Waals surface area contributed by atoms with Crippen LogP contribution in [-0.2, 0) is 0 Å². The second-order valence-corrected chi connectivity index (χ2v) is 7.39. The highest BCUT2D eigenvalue weighted by Crippen LogP contribution is 2.44. The lowest BCUT2D eigenvalue weighted by atomic mass is 9.92. The van der Waals surface area contributed by atoms with E-state index in [-0.39, 0.29) is 12.1 Å². The summed E-state index contributed by atoms with van der Waals surface area (Å²) < 4.78 is 0. The molecule has 0 radical (unpaired) electrons. The highest BCUT2D eigenvalue weighted by atomic mass is 32.1. The standard InChI is InChI=1S/C16H26N2OS/c1-3-14(17)15(16-10(2)6-7-20-16)18-11-4-5-12(18)9-13(19)8-11/h6-7,11-15,19H,3-5,8-9,17H2,1-2H3. The molecular weight excluding hydrogens is 268 g/mol. The van der Waals surface area contributed by atoms with Crippen molar-refractivity contribution in [2.75, 3.05) is 0 Å². The lowest BCUT2D eigenvalue weighted by Crippen LogP contribution is -2.51. The third kappa shape index (κ3) is 2.43. The van der Waals surface area contributed by atoms with Crippen LogP contribution in [0.2, 0.25) is 0 Å². The van der Waals surface area contributed by atoms with Gasteiger partial charge in [-0.1, -0.05) is 6.92 Å². The average Bonchev–Trinajstić information content (AvgIpc) is 2.94. The third-order valence-electron chi connectivity index (χ3n) is 5.13. The number of nitrogens with two attached hydrogens (primary N) is 1. The highest BCUT2D eigenvalue weighted by molar-refractivity contribution is 7.10. The van der Waals surface area contributed by atoms with E-state index in [0.29, 0.717) is 18.1 Å². The fourth-order valence-corrected chi connectivity index (χ4v) is 5.21. The predicted octanol–water partition coefficient (Wildman–Crippen LogP) is 2.82. The Morgan fingerprint density at radius 2 is 2.05 bits per heavy atom. The number of piperidine rings is 1. The number of hydrogen-bond acceptors (Lipinski definition) is 4. The second kappa shape index (κ2) is 5.76. The highest BCUT2D eigenvalue weighted by Gasteiger charge is 2.45. The molecule has 0 aromatic carbocycles. The number of aryl methyl sites for hydroxylation is 1. The van der Waals surface area contributed by atoms with E-state index in [1.165, 1.54) is 23.3 Å². The van der Waals surface area contributed by atoms with Gasteiger partial charge in [0.2, 0.25) is 0 Å². The first-order valence-electron chi connectivity index (χ1n) is 7.86. The maximum absolute atomic E-state index is 10.0. The molecule has 1 aromatic heterocycles. The van der Waals surface area contributed by atoms with E-state index >= 15 is 0 Å². The summed E-state index contributed by atoms with van der Waals surface area (Å²) in [5.41, 5.74) is 7.87. The number of nitrogens with zero attached hydrogens (tertiary/aromatic N) is 1. The maximum Gasteiger partial charge on any atom is 0.0600 e. The van der Waals surface area contributed by atoms with Gasteiger partial charge in [0.25, 0.3) is 0 Å². The Bertz CT molecular complexity index is 447. The molecule has 0 saturated carbocycles. The van der Waals surface area contributed by atoms with Crippen molar-refractivity contribution in [2.24, 2.45) is 5.73 Å². The first kappa shape index (κ1) is 14.5. The fraction of sp³-hybridized carbons (Fsp3) is 0.750. The largest absolute Gasteiger partial charge is 0.393 e. The predicted molar refractivity (Wildman–Crippen MR) is 84.0 cm³/mol. The van der Waals surface area contributed by atoms with Gasteiger partial charge in [0.05, 0.1) is 12.1 Å². The van der Waals surface area contributed by atoms with Crippen LogP contribution in [0.4, 0.5) is 0 Å². The number of thiophene rings is 1. The average molecular weight is 294 g/mol. The molecule has 2 fully saturated rings. The Balaban J connectivity index is 1.93. The van der Waals surface area contributed by atoms with Crippen molar-refractivity contribution in [3.63, 3.8) is 0 Å². The van der Waals surface area contributed by atoms with Crippen molar-refractivity contribution < 1.29 is 5.11 Å². The minimum atomic E-state index is -0.105. The van der Waals surface area contributed by atoms with Crippen LogP contribution in [0.1, 0.15) is 55.5 Å². The summed E-state index contributed by atoms with van der Waals surface area (Å²) in [5, 5.41) is 12.2.